The van der Waals surface area contributed by atoms with Gasteiger partial charge in [0.25, 0.3) is 5.56 Å². The van der Waals surface area contributed by atoms with Crippen LogP contribution in [0.3, 0.4) is 0 Å². The predicted molar refractivity (Wildman–Crippen MR) is 114 cm³/mol. The highest BCUT2D eigenvalue weighted by Gasteiger charge is 2.12. The first-order chi connectivity index (χ1) is 14.1. The summed E-state index contributed by atoms with van der Waals surface area (Å²) in [5.41, 5.74) is 2.29. The van der Waals surface area contributed by atoms with Crippen LogP contribution in [0.2, 0.25) is 0 Å². The summed E-state index contributed by atoms with van der Waals surface area (Å²) >= 11 is 0. The number of benzene rings is 2. The monoisotopic (exact) mass is 407 g/mol. The molecule has 0 bridgehead atoms. The third kappa shape index (κ3) is 5.36. The molecule has 0 saturated carbocycles. The van der Waals surface area contributed by atoms with Gasteiger partial charge in [0.05, 0.1) is 6.61 Å². The molecule has 0 saturated heterocycles. The molecule has 0 atom stereocenters. The van der Waals surface area contributed by atoms with Gasteiger partial charge in [0.15, 0.2) is 11.6 Å². The Balaban J connectivity index is 1.82. The number of rotatable bonds is 3. The molecule has 0 unspecified atom stereocenters. The quantitative estimate of drug-likeness (QED) is 0.556. The normalized spacial score (nSPS) is 11.0. The average Bonchev–Trinajstić information content (AvgIpc) is 2.67. The molecule has 0 aliphatic carbocycles. The van der Waals surface area contributed by atoms with Crippen LogP contribution in [0.1, 0.15) is 37.5 Å². The van der Waals surface area contributed by atoms with Crippen molar-refractivity contribution in [3.63, 3.8) is 0 Å². The van der Waals surface area contributed by atoms with Gasteiger partial charge in [0.1, 0.15) is 5.75 Å². The van der Waals surface area contributed by atoms with Crippen LogP contribution < -0.4 is 10.3 Å². The Morgan fingerprint density at radius 1 is 0.933 bits per heavy atom. The second-order valence-corrected chi connectivity index (χ2v) is 8.30. The third-order valence-electron chi connectivity index (χ3n) is 4.29. The van der Waals surface area contributed by atoms with Crippen molar-refractivity contribution in [3.8, 4) is 23.3 Å². The summed E-state index contributed by atoms with van der Waals surface area (Å²) in [5.74, 6) is 4.45. The van der Waals surface area contributed by atoms with Crippen LogP contribution in [0.25, 0.3) is 5.69 Å². The molecule has 2 aromatic carbocycles. The largest absolute Gasteiger partial charge is 0.493 e. The van der Waals surface area contributed by atoms with E-state index < -0.39 is 11.6 Å². The van der Waals surface area contributed by atoms with E-state index in [9.17, 15) is 13.6 Å². The highest BCUT2D eigenvalue weighted by atomic mass is 19.2. The maximum absolute atomic E-state index is 13.3. The molecule has 0 radical (unpaired) electrons. The summed E-state index contributed by atoms with van der Waals surface area (Å²) in [7, 11) is 0. The fraction of sp³-hybridized carbons (Fsp3) is 0.240. The topological polar surface area (TPSA) is 31.2 Å². The van der Waals surface area contributed by atoms with Crippen molar-refractivity contribution in [2.75, 3.05) is 6.61 Å². The zero-order valence-electron chi connectivity index (χ0n) is 17.4. The number of hydrogen-bond acceptors (Lipinski definition) is 2. The lowest BCUT2D eigenvalue weighted by atomic mass is 9.98. The molecule has 0 amide bonds. The molecule has 0 N–H and O–H groups in total. The molecule has 1 heterocycles. The highest BCUT2D eigenvalue weighted by Crippen LogP contribution is 2.23. The van der Waals surface area contributed by atoms with Gasteiger partial charge in [-0.3, -0.25) is 9.36 Å². The fourth-order valence-electron chi connectivity index (χ4n) is 2.73. The number of nitrogens with zero attached hydrogens (tertiary/aromatic N) is 1. The molecule has 0 aliphatic heterocycles. The molecule has 0 aliphatic rings. The summed E-state index contributed by atoms with van der Waals surface area (Å²) in [6.07, 6.45) is 1.64. The van der Waals surface area contributed by atoms with Crippen LogP contribution in [0.4, 0.5) is 8.78 Å². The fourth-order valence-corrected chi connectivity index (χ4v) is 2.73. The SMILES string of the molecule is Cc1cc(-n2ccc(C#Cc3ccc(F)c(F)c3)cc2=O)ccc1OCC(C)(C)C. The molecule has 0 spiro atoms. The zero-order chi connectivity index (χ0) is 21.9. The average molecular weight is 407 g/mol. The van der Waals surface area contributed by atoms with Gasteiger partial charge in [0.2, 0.25) is 0 Å². The van der Waals surface area contributed by atoms with Crippen molar-refractivity contribution in [2.24, 2.45) is 5.41 Å². The maximum Gasteiger partial charge on any atom is 0.256 e. The van der Waals surface area contributed by atoms with Crippen LogP contribution in [0.5, 0.6) is 5.75 Å². The van der Waals surface area contributed by atoms with Gasteiger partial charge in [-0.2, -0.15) is 0 Å². The van der Waals surface area contributed by atoms with Crippen molar-refractivity contribution in [1.82, 2.24) is 4.57 Å². The number of ether oxygens (including phenoxy) is 1. The predicted octanol–water partition coefficient (Wildman–Crippen LogP) is 5.25. The van der Waals surface area contributed by atoms with Gasteiger partial charge in [-0.05, 0) is 60.4 Å². The lowest BCUT2D eigenvalue weighted by molar-refractivity contribution is 0.197. The Bertz CT molecular complexity index is 1190. The van der Waals surface area contributed by atoms with Crippen molar-refractivity contribution in [3.05, 3.63) is 93.4 Å². The van der Waals surface area contributed by atoms with E-state index in [1.807, 2.05) is 25.1 Å². The molecule has 0 fully saturated rings. The smallest absolute Gasteiger partial charge is 0.256 e. The first kappa shape index (κ1) is 21.3. The summed E-state index contributed by atoms with van der Waals surface area (Å²) in [4.78, 5) is 12.6. The number of aryl methyl sites for hydroxylation is 1. The second kappa shape index (κ2) is 8.54. The molecular weight excluding hydrogens is 384 g/mol. The van der Waals surface area contributed by atoms with Gasteiger partial charge in [-0.1, -0.05) is 32.6 Å². The summed E-state index contributed by atoms with van der Waals surface area (Å²) in [6.45, 7) is 8.85. The number of halogens is 2. The molecule has 154 valence electrons. The van der Waals surface area contributed by atoms with E-state index in [1.165, 1.54) is 16.7 Å². The van der Waals surface area contributed by atoms with E-state index in [0.717, 1.165) is 29.1 Å². The molecule has 1 aromatic heterocycles. The van der Waals surface area contributed by atoms with Crippen molar-refractivity contribution in [2.45, 2.75) is 27.7 Å². The molecule has 30 heavy (non-hydrogen) atoms. The van der Waals surface area contributed by atoms with E-state index in [0.29, 0.717) is 17.7 Å². The number of hydrogen-bond donors (Lipinski definition) is 0. The van der Waals surface area contributed by atoms with Crippen LogP contribution >= 0.6 is 0 Å². The second-order valence-electron chi connectivity index (χ2n) is 8.30. The molecule has 5 heteroatoms. The minimum absolute atomic E-state index is 0.0542. The van der Waals surface area contributed by atoms with Crippen LogP contribution in [0.15, 0.2) is 59.5 Å². The first-order valence-corrected chi connectivity index (χ1v) is 9.56. The third-order valence-corrected chi connectivity index (χ3v) is 4.29. The molecule has 3 nitrogen and oxygen atoms in total. The Kier molecular flexibility index (Phi) is 6.07. The molecular formula is C25H23F2NO2. The van der Waals surface area contributed by atoms with Gasteiger partial charge in [0, 0.05) is 29.1 Å². The van der Waals surface area contributed by atoms with Crippen LogP contribution in [-0.4, -0.2) is 11.2 Å². The Hall–Kier alpha value is -3.39. The first-order valence-electron chi connectivity index (χ1n) is 9.56. The van der Waals surface area contributed by atoms with Crippen molar-refractivity contribution in [1.29, 1.82) is 0 Å². The Morgan fingerprint density at radius 2 is 1.63 bits per heavy atom. The van der Waals surface area contributed by atoms with Gasteiger partial charge < -0.3 is 4.74 Å². The highest BCUT2D eigenvalue weighted by molar-refractivity contribution is 5.46. The Labute approximate surface area is 175 Å². The van der Waals surface area contributed by atoms with E-state index in [-0.39, 0.29) is 11.0 Å². The summed E-state index contributed by atoms with van der Waals surface area (Å²) in [5, 5.41) is 0. The standard InChI is InChI=1S/C25H23F2NO2/c1-17-13-20(8-10-23(17)30-16-25(2,3)4)28-12-11-19(15-24(28)29)6-5-18-7-9-21(26)22(27)14-18/h7-15H,16H2,1-4H3. The zero-order valence-corrected chi connectivity index (χ0v) is 17.4. The minimum Gasteiger partial charge on any atom is -0.493 e. The van der Waals surface area contributed by atoms with Gasteiger partial charge in [-0.15, -0.1) is 0 Å². The van der Waals surface area contributed by atoms with Gasteiger partial charge in [-0.25, -0.2) is 8.78 Å². The maximum atomic E-state index is 13.3. The van der Waals surface area contributed by atoms with E-state index in [1.54, 1.807) is 12.3 Å². The van der Waals surface area contributed by atoms with Crippen LogP contribution in [-0.2, 0) is 0 Å². The molecule has 3 aromatic rings. The van der Waals surface area contributed by atoms with Gasteiger partial charge >= 0.3 is 0 Å². The van der Waals surface area contributed by atoms with Crippen molar-refractivity contribution < 1.29 is 13.5 Å². The number of aromatic nitrogens is 1. The summed E-state index contributed by atoms with van der Waals surface area (Å²) < 4.78 is 33.7. The van der Waals surface area contributed by atoms with E-state index in [2.05, 4.69) is 32.6 Å². The minimum atomic E-state index is -0.956. The number of pyridine rings is 1. The Morgan fingerprint density at radius 3 is 2.23 bits per heavy atom. The molecule has 3 rings (SSSR count). The lowest BCUT2D eigenvalue weighted by Gasteiger charge is -2.20. The summed E-state index contributed by atoms with van der Waals surface area (Å²) in [6, 6.07) is 12.1. The lowest BCUT2D eigenvalue weighted by Crippen LogP contribution is -2.18. The van der Waals surface area contributed by atoms with Crippen LogP contribution in [0, 0.1) is 35.8 Å². The van der Waals surface area contributed by atoms with Crippen molar-refractivity contribution >= 4 is 0 Å². The van der Waals surface area contributed by atoms with E-state index in [4.69, 9.17) is 4.74 Å². The van der Waals surface area contributed by atoms with E-state index >= 15 is 0 Å².